The molecule has 0 radical (unpaired) electrons. The quantitative estimate of drug-likeness (QED) is 0.405. The van der Waals surface area contributed by atoms with Crippen LogP contribution in [-0.2, 0) is 4.79 Å². The summed E-state index contributed by atoms with van der Waals surface area (Å²) in [5.74, 6) is 3.56. The molecule has 0 spiro atoms. The largest absolute Gasteiger partial charge is 0.295 e. The standard InChI is InChI=1S/C13H20OSi/c1-15(2,3)10-6-4-5-7-12-8-9-13(14)11-12/h11H,4-5,7-9H2,1-3H3. The molecular weight excluding hydrogens is 200 g/mol. The molecule has 0 aromatic carbocycles. The Kier molecular flexibility index (Phi) is 4.35. The second-order valence-electron chi connectivity index (χ2n) is 5.17. The Labute approximate surface area is 94.0 Å². The van der Waals surface area contributed by atoms with Gasteiger partial charge in [-0.1, -0.05) is 25.2 Å². The predicted molar refractivity (Wildman–Crippen MR) is 67.3 cm³/mol. The smallest absolute Gasteiger partial charge is 0.155 e. The molecule has 82 valence electrons. The fourth-order valence-electron chi connectivity index (χ4n) is 1.58. The highest BCUT2D eigenvalue weighted by Gasteiger charge is 2.10. The summed E-state index contributed by atoms with van der Waals surface area (Å²) in [6.07, 6.45) is 6.70. The Morgan fingerprint density at radius 2 is 2.07 bits per heavy atom. The highest BCUT2D eigenvalue weighted by atomic mass is 28.3. The van der Waals surface area contributed by atoms with Gasteiger partial charge in [-0.15, -0.1) is 11.5 Å². The summed E-state index contributed by atoms with van der Waals surface area (Å²) < 4.78 is 0. The van der Waals surface area contributed by atoms with Crippen molar-refractivity contribution in [1.29, 1.82) is 0 Å². The number of rotatable bonds is 3. The minimum atomic E-state index is -1.18. The molecule has 0 unspecified atom stereocenters. The van der Waals surface area contributed by atoms with Crippen molar-refractivity contribution in [3.63, 3.8) is 0 Å². The van der Waals surface area contributed by atoms with Crippen LogP contribution in [0, 0.1) is 11.5 Å². The van der Waals surface area contributed by atoms with E-state index < -0.39 is 8.07 Å². The molecule has 1 rings (SSSR count). The zero-order chi connectivity index (χ0) is 11.3. The van der Waals surface area contributed by atoms with E-state index in [4.69, 9.17) is 0 Å². The molecule has 0 bridgehead atoms. The van der Waals surface area contributed by atoms with Crippen molar-refractivity contribution >= 4 is 13.9 Å². The first-order valence-corrected chi connectivity index (χ1v) is 9.20. The SMILES string of the molecule is C[Si](C)(C)C#CCCCC1=CC(=O)CC1. The summed E-state index contributed by atoms with van der Waals surface area (Å²) in [7, 11) is -1.18. The maximum absolute atomic E-state index is 11.0. The van der Waals surface area contributed by atoms with Crippen molar-refractivity contribution in [2.24, 2.45) is 0 Å². The number of allylic oxidation sites excluding steroid dienone is 2. The molecular formula is C13H20OSi. The van der Waals surface area contributed by atoms with Crippen LogP contribution in [0.25, 0.3) is 0 Å². The lowest BCUT2D eigenvalue weighted by molar-refractivity contribution is -0.114. The van der Waals surface area contributed by atoms with Gasteiger partial charge in [0.25, 0.3) is 0 Å². The fourth-order valence-corrected chi connectivity index (χ4v) is 2.24. The average Bonchev–Trinajstić information content (AvgIpc) is 2.49. The molecule has 1 aliphatic rings. The predicted octanol–water partition coefficient (Wildman–Crippen LogP) is 3.33. The van der Waals surface area contributed by atoms with Crippen molar-refractivity contribution in [3.05, 3.63) is 11.6 Å². The summed E-state index contributed by atoms with van der Waals surface area (Å²) in [6.45, 7) is 6.79. The normalized spacial score (nSPS) is 15.9. The minimum Gasteiger partial charge on any atom is -0.295 e. The molecule has 0 heterocycles. The highest BCUT2D eigenvalue weighted by Crippen LogP contribution is 2.20. The molecule has 1 nitrogen and oxygen atoms in total. The highest BCUT2D eigenvalue weighted by molar-refractivity contribution is 6.83. The van der Waals surface area contributed by atoms with Crippen molar-refractivity contribution in [2.75, 3.05) is 0 Å². The Bertz CT molecular complexity index is 323. The van der Waals surface area contributed by atoms with E-state index in [9.17, 15) is 4.79 Å². The second-order valence-corrected chi connectivity index (χ2v) is 9.92. The fraction of sp³-hybridized carbons (Fsp3) is 0.615. The van der Waals surface area contributed by atoms with Gasteiger partial charge in [-0.05, 0) is 25.3 Å². The van der Waals surface area contributed by atoms with Gasteiger partial charge in [0.15, 0.2) is 5.78 Å². The summed E-state index contributed by atoms with van der Waals surface area (Å²) >= 11 is 0. The molecule has 1 aliphatic carbocycles. The average molecular weight is 220 g/mol. The number of hydrogen-bond acceptors (Lipinski definition) is 1. The maximum Gasteiger partial charge on any atom is 0.155 e. The molecule has 0 aromatic rings. The van der Waals surface area contributed by atoms with Gasteiger partial charge in [-0.25, -0.2) is 0 Å². The Morgan fingerprint density at radius 1 is 1.33 bits per heavy atom. The van der Waals surface area contributed by atoms with Crippen molar-refractivity contribution in [3.8, 4) is 11.5 Å². The maximum atomic E-state index is 11.0. The lowest BCUT2D eigenvalue weighted by atomic mass is 10.1. The lowest BCUT2D eigenvalue weighted by Gasteiger charge is -2.03. The van der Waals surface area contributed by atoms with Crippen LogP contribution in [-0.4, -0.2) is 13.9 Å². The van der Waals surface area contributed by atoms with Gasteiger partial charge in [-0.3, -0.25) is 4.79 Å². The zero-order valence-corrected chi connectivity index (χ0v) is 11.0. The molecule has 0 fully saturated rings. The van der Waals surface area contributed by atoms with Crippen LogP contribution in [0.3, 0.4) is 0 Å². The van der Waals surface area contributed by atoms with E-state index in [0.717, 1.165) is 32.1 Å². The van der Waals surface area contributed by atoms with Gasteiger partial charge in [0, 0.05) is 12.8 Å². The van der Waals surface area contributed by atoms with Crippen LogP contribution < -0.4 is 0 Å². The summed E-state index contributed by atoms with van der Waals surface area (Å²) in [6, 6.07) is 0. The van der Waals surface area contributed by atoms with E-state index in [2.05, 4.69) is 31.1 Å². The lowest BCUT2D eigenvalue weighted by Crippen LogP contribution is -2.16. The van der Waals surface area contributed by atoms with Crippen LogP contribution in [0.4, 0.5) is 0 Å². The van der Waals surface area contributed by atoms with Crippen LogP contribution in [0.15, 0.2) is 11.6 Å². The number of unbranched alkanes of at least 4 members (excludes halogenated alkanes) is 1. The number of ketones is 1. The van der Waals surface area contributed by atoms with Gasteiger partial charge in [0.2, 0.25) is 0 Å². The first kappa shape index (κ1) is 12.3. The third-order valence-corrected chi connectivity index (χ3v) is 3.25. The third-order valence-electron chi connectivity index (χ3n) is 2.32. The second kappa shape index (κ2) is 5.32. The van der Waals surface area contributed by atoms with Gasteiger partial charge in [-0.2, -0.15) is 0 Å². The number of carbonyl (C=O) groups is 1. The molecule has 0 saturated heterocycles. The van der Waals surface area contributed by atoms with E-state index in [-0.39, 0.29) is 0 Å². The topological polar surface area (TPSA) is 17.1 Å². The summed E-state index contributed by atoms with van der Waals surface area (Å²) in [5, 5.41) is 0. The molecule has 0 atom stereocenters. The van der Waals surface area contributed by atoms with Gasteiger partial charge in [0.1, 0.15) is 8.07 Å². The Morgan fingerprint density at radius 3 is 2.60 bits per heavy atom. The van der Waals surface area contributed by atoms with E-state index >= 15 is 0 Å². The van der Waals surface area contributed by atoms with Crippen molar-refractivity contribution in [1.82, 2.24) is 0 Å². The molecule has 15 heavy (non-hydrogen) atoms. The number of hydrogen-bond donors (Lipinski definition) is 0. The molecule has 0 N–H and O–H groups in total. The molecule has 0 aliphatic heterocycles. The summed E-state index contributed by atoms with van der Waals surface area (Å²) in [5.41, 5.74) is 4.69. The van der Waals surface area contributed by atoms with Crippen molar-refractivity contribution < 1.29 is 4.79 Å². The van der Waals surface area contributed by atoms with E-state index in [1.54, 1.807) is 0 Å². The molecule has 0 aromatic heterocycles. The van der Waals surface area contributed by atoms with Crippen molar-refractivity contribution in [2.45, 2.75) is 51.7 Å². The molecule has 0 amide bonds. The first-order chi connectivity index (χ1) is 6.97. The van der Waals surface area contributed by atoms with Gasteiger partial charge < -0.3 is 0 Å². The van der Waals surface area contributed by atoms with E-state index in [1.165, 1.54) is 5.57 Å². The van der Waals surface area contributed by atoms with Gasteiger partial charge >= 0.3 is 0 Å². The third kappa shape index (κ3) is 5.59. The zero-order valence-electron chi connectivity index (χ0n) is 10.0. The first-order valence-electron chi connectivity index (χ1n) is 5.70. The van der Waals surface area contributed by atoms with Crippen LogP contribution in [0.1, 0.15) is 32.1 Å². The van der Waals surface area contributed by atoms with Gasteiger partial charge in [0.05, 0.1) is 0 Å². The van der Waals surface area contributed by atoms with Crippen LogP contribution in [0.2, 0.25) is 19.6 Å². The monoisotopic (exact) mass is 220 g/mol. The summed E-state index contributed by atoms with van der Waals surface area (Å²) in [4.78, 5) is 11.0. The molecule has 2 heteroatoms. The van der Waals surface area contributed by atoms with Crippen LogP contribution in [0.5, 0.6) is 0 Å². The van der Waals surface area contributed by atoms with E-state index in [0.29, 0.717) is 5.78 Å². The Balaban J connectivity index is 2.19. The van der Waals surface area contributed by atoms with E-state index in [1.807, 2.05) is 6.08 Å². The number of carbonyl (C=O) groups excluding carboxylic acids is 1. The van der Waals surface area contributed by atoms with Crippen LogP contribution >= 0.6 is 0 Å². The Hall–Kier alpha value is -0.813. The molecule has 0 saturated carbocycles. The minimum absolute atomic E-state index is 0.304.